The van der Waals surface area contributed by atoms with E-state index in [1.54, 1.807) is 12.1 Å². The third-order valence-electron chi connectivity index (χ3n) is 4.49. The van der Waals surface area contributed by atoms with Crippen LogP contribution in [0.25, 0.3) is 0 Å². The fraction of sp³-hybridized carbons (Fsp3) is 0.667. The largest absolute Gasteiger partial charge is 0.379 e. The molecule has 0 unspecified atom stereocenters. The molecule has 8 heteroatoms. The summed E-state index contributed by atoms with van der Waals surface area (Å²) in [5, 5.41) is 0. The summed E-state index contributed by atoms with van der Waals surface area (Å²) >= 11 is 0. The van der Waals surface area contributed by atoms with Gasteiger partial charge in [0, 0.05) is 38.8 Å². The Balaban J connectivity index is 2.13. The monoisotopic (exact) mass is 387 g/mol. The van der Waals surface area contributed by atoms with E-state index in [0.29, 0.717) is 26.3 Å². The van der Waals surface area contributed by atoms with E-state index >= 15 is 0 Å². The lowest BCUT2D eigenvalue weighted by Crippen LogP contribution is -2.47. The number of morpholine rings is 1. The highest BCUT2D eigenvalue weighted by atomic mass is 32.2. The van der Waals surface area contributed by atoms with Gasteiger partial charge in [0.15, 0.2) is 0 Å². The standard InChI is InChI=1S/C18H30FN3O3S/c1-3-9-22(10-4-2)26(23,24)20-15-18(21-11-13-25-14-12-21)16-5-7-17(19)8-6-16/h5-8,18,20H,3-4,9-15H2,1-2H3/t18-/m1/s1. The van der Waals surface area contributed by atoms with Gasteiger partial charge in [-0.05, 0) is 30.5 Å². The maximum atomic E-state index is 13.3. The zero-order valence-electron chi connectivity index (χ0n) is 15.7. The predicted octanol–water partition coefficient (Wildman–Crippen LogP) is 2.16. The van der Waals surface area contributed by atoms with Gasteiger partial charge >= 0.3 is 0 Å². The molecular formula is C18H30FN3O3S. The first-order chi connectivity index (χ1) is 12.5. The van der Waals surface area contributed by atoms with Gasteiger partial charge in [0.05, 0.1) is 13.2 Å². The van der Waals surface area contributed by atoms with Gasteiger partial charge in [-0.15, -0.1) is 0 Å². The quantitative estimate of drug-likeness (QED) is 0.668. The van der Waals surface area contributed by atoms with E-state index in [0.717, 1.165) is 31.5 Å². The molecule has 1 aliphatic heterocycles. The molecule has 1 aromatic carbocycles. The lowest BCUT2D eigenvalue weighted by atomic mass is 10.0. The van der Waals surface area contributed by atoms with E-state index in [1.807, 2.05) is 13.8 Å². The molecule has 0 bridgehead atoms. The van der Waals surface area contributed by atoms with Gasteiger partial charge in [0.1, 0.15) is 5.82 Å². The number of halogens is 1. The van der Waals surface area contributed by atoms with Crippen LogP contribution in [-0.2, 0) is 14.9 Å². The molecule has 1 N–H and O–H groups in total. The summed E-state index contributed by atoms with van der Waals surface area (Å²) in [5.41, 5.74) is 0.897. The van der Waals surface area contributed by atoms with Crippen molar-refractivity contribution >= 4 is 10.2 Å². The second-order valence-electron chi connectivity index (χ2n) is 6.47. The Kier molecular flexibility index (Phi) is 8.43. The first kappa shape index (κ1) is 21.2. The van der Waals surface area contributed by atoms with E-state index in [1.165, 1.54) is 16.4 Å². The van der Waals surface area contributed by atoms with Crippen LogP contribution in [0.5, 0.6) is 0 Å². The average molecular weight is 388 g/mol. The number of hydrogen-bond donors (Lipinski definition) is 1. The summed E-state index contributed by atoms with van der Waals surface area (Å²) < 4.78 is 48.3. The molecule has 1 atom stereocenters. The van der Waals surface area contributed by atoms with Crippen LogP contribution in [0.2, 0.25) is 0 Å². The number of rotatable bonds is 10. The van der Waals surface area contributed by atoms with Crippen molar-refractivity contribution in [1.29, 1.82) is 0 Å². The minimum atomic E-state index is -3.55. The highest BCUT2D eigenvalue weighted by Crippen LogP contribution is 2.22. The van der Waals surface area contributed by atoms with Crippen LogP contribution in [0.15, 0.2) is 24.3 Å². The second kappa shape index (κ2) is 10.3. The van der Waals surface area contributed by atoms with E-state index < -0.39 is 10.2 Å². The maximum Gasteiger partial charge on any atom is 0.279 e. The number of nitrogens with one attached hydrogen (secondary N) is 1. The lowest BCUT2D eigenvalue weighted by molar-refractivity contribution is 0.0171. The molecule has 0 radical (unpaired) electrons. The minimum Gasteiger partial charge on any atom is -0.379 e. The van der Waals surface area contributed by atoms with Crippen LogP contribution >= 0.6 is 0 Å². The normalized spacial score (nSPS) is 17.5. The van der Waals surface area contributed by atoms with Gasteiger partial charge < -0.3 is 4.74 Å². The van der Waals surface area contributed by atoms with Crippen LogP contribution in [-0.4, -0.2) is 63.6 Å². The first-order valence-corrected chi connectivity index (χ1v) is 10.7. The highest BCUT2D eigenvalue weighted by molar-refractivity contribution is 7.87. The van der Waals surface area contributed by atoms with Crippen molar-refractivity contribution in [2.75, 3.05) is 45.9 Å². The van der Waals surface area contributed by atoms with Crippen molar-refractivity contribution in [3.05, 3.63) is 35.6 Å². The van der Waals surface area contributed by atoms with Crippen LogP contribution in [0, 0.1) is 5.82 Å². The molecule has 0 amide bonds. The minimum absolute atomic E-state index is 0.153. The summed E-state index contributed by atoms with van der Waals surface area (Å²) in [6.45, 7) is 7.85. The molecule has 1 aliphatic rings. The predicted molar refractivity (Wildman–Crippen MR) is 101 cm³/mol. The molecule has 0 aromatic heterocycles. The first-order valence-electron chi connectivity index (χ1n) is 9.30. The van der Waals surface area contributed by atoms with Gasteiger partial charge in [-0.2, -0.15) is 12.7 Å². The third-order valence-corrected chi connectivity index (χ3v) is 6.06. The van der Waals surface area contributed by atoms with Crippen molar-refractivity contribution in [3.8, 4) is 0 Å². The highest BCUT2D eigenvalue weighted by Gasteiger charge is 2.26. The SMILES string of the molecule is CCCN(CCC)S(=O)(=O)NC[C@H](c1ccc(F)cc1)N1CCOCC1. The van der Waals surface area contributed by atoms with E-state index in [4.69, 9.17) is 4.74 Å². The topological polar surface area (TPSA) is 61.9 Å². The zero-order chi connectivity index (χ0) is 19.0. The smallest absolute Gasteiger partial charge is 0.279 e. The molecule has 6 nitrogen and oxygen atoms in total. The number of ether oxygens (including phenoxy) is 1. The van der Waals surface area contributed by atoms with Gasteiger partial charge in [0.25, 0.3) is 10.2 Å². The van der Waals surface area contributed by atoms with Crippen LogP contribution in [0.1, 0.15) is 38.3 Å². The van der Waals surface area contributed by atoms with E-state index in [9.17, 15) is 12.8 Å². The van der Waals surface area contributed by atoms with Crippen molar-refractivity contribution in [2.45, 2.75) is 32.7 Å². The Morgan fingerprint density at radius 2 is 1.73 bits per heavy atom. The summed E-state index contributed by atoms with van der Waals surface area (Å²) in [6, 6.07) is 6.12. The van der Waals surface area contributed by atoms with E-state index in [-0.39, 0.29) is 18.4 Å². The Morgan fingerprint density at radius 1 is 1.15 bits per heavy atom. The van der Waals surface area contributed by atoms with Gasteiger partial charge in [-0.25, -0.2) is 9.11 Å². The number of benzene rings is 1. The van der Waals surface area contributed by atoms with Gasteiger partial charge in [-0.1, -0.05) is 26.0 Å². The Bertz CT molecular complexity index is 628. The molecule has 26 heavy (non-hydrogen) atoms. The van der Waals surface area contributed by atoms with Crippen LogP contribution < -0.4 is 4.72 Å². The van der Waals surface area contributed by atoms with E-state index in [2.05, 4.69) is 9.62 Å². The second-order valence-corrected chi connectivity index (χ2v) is 8.22. The van der Waals surface area contributed by atoms with Crippen LogP contribution in [0.4, 0.5) is 4.39 Å². The molecule has 1 saturated heterocycles. The molecule has 2 rings (SSSR count). The molecule has 0 saturated carbocycles. The fourth-order valence-corrected chi connectivity index (χ4v) is 4.56. The summed E-state index contributed by atoms with van der Waals surface area (Å²) in [4.78, 5) is 2.18. The zero-order valence-corrected chi connectivity index (χ0v) is 16.5. The lowest BCUT2D eigenvalue weighted by Gasteiger charge is -2.35. The van der Waals surface area contributed by atoms with Crippen molar-refractivity contribution in [3.63, 3.8) is 0 Å². The van der Waals surface area contributed by atoms with Crippen molar-refractivity contribution in [2.24, 2.45) is 0 Å². The molecule has 1 aromatic rings. The number of nitrogens with zero attached hydrogens (tertiary/aromatic N) is 2. The Labute approximate surface area is 156 Å². The maximum absolute atomic E-state index is 13.3. The van der Waals surface area contributed by atoms with Crippen LogP contribution in [0.3, 0.4) is 0 Å². The molecule has 0 aliphatic carbocycles. The molecule has 1 heterocycles. The fourth-order valence-electron chi connectivity index (χ4n) is 3.16. The molecule has 148 valence electrons. The average Bonchev–Trinajstić information content (AvgIpc) is 2.64. The van der Waals surface area contributed by atoms with Gasteiger partial charge in [0.2, 0.25) is 0 Å². The molecular weight excluding hydrogens is 357 g/mol. The number of hydrogen-bond acceptors (Lipinski definition) is 4. The summed E-state index contributed by atoms with van der Waals surface area (Å²) in [7, 11) is -3.55. The summed E-state index contributed by atoms with van der Waals surface area (Å²) in [5.74, 6) is -0.299. The summed E-state index contributed by atoms with van der Waals surface area (Å²) in [6.07, 6.45) is 1.54. The van der Waals surface area contributed by atoms with Gasteiger partial charge in [-0.3, -0.25) is 4.90 Å². The Morgan fingerprint density at radius 3 is 2.27 bits per heavy atom. The van der Waals surface area contributed by atoms with Crippen molar-refractivity contribution < 1.29 is 17.5 Å². The molecule has 0 spiro atoms. The molecule has 1 fully saturated rings. The van der Waals surface area contributed by atoms with Crippen molar-refractivity contribution in [1.82, 2.24) is 13.9 Å². The Hall–Kier alpha value is -1.06. The third kappa shape index (κ3) is 5.99.